The second-order valence-electron chi connectivity index (χ2n) is 6.61. The van der Waals surface area contributed by atoms with Crippen LogP contribution >= 0.6 is 0 Å². The quantitative estimate of drug-likeness (QED) is 0.858. The number of fused-ring (bicyclic) bond motifs is 1. The Morgan fingerprint density at radius 2 is 2.05 bits per heavy atom. The van der Waals surface area contributed by atoms with Gasteiger partial charge in [0.2, 0.25) is 11.8 Å². The monoisotopic (exact) mass is 302 g/mol. The highest BCUT2D eigenvalue weighted by Gasteiger charge is 2.40. The van der Waals surface area contributed by atoms with E-state index in [1.807, 2.05) is 18.9 Å². The van der Waals surface area contributed by atoms with E-state index >= 15 is 0 Å². The van der Waals surface area contributed by atoms with Crippen molar-refractivity contribution in [3.8, 4) is 0 Å². The molecule has 4 heteroatoms. The molecule has 1 aromatic carbocycles. The summed E-state index contributed by atoms with van der Waals surface area (Å²) in [7, 11) is 1.83. The molecule has 0 aliphatic carbocycles. The van der Waals surface area contributed by atoms with Gasteiger partial charge < -0.3 is 9.80 Å². The molecule has 0 fully saturated rings. The first kappa shape index (κ1) is 16.5. The zero-order valence-corrected chi connectivity index (χ0v) is 14.3. The Morgan fingerprint density at radius 1 is 1.36 bits per heavy atom. The molecule has 2 amide bonds. The number of amides is 2. The fraction of sp³-hybridized carbons (Fsp3) is 0.556. The molecule has 0 saturated carbocycles. The van der Waals surface area contributed by atoms with Crippen molar-refractivity contribution in [1.29, 1.82) is 0 Å². The van der Waals surface area contributed by atoms with E-state index in [1.165, 1.54) is 11.1 Å². The summed E-state index contributed by atoms with van der Waals surface area (Å²) in [4.78, 5) is 27.3. The third-order valence-corrected chi connectivity index (χ3v) is 4.74. The molecule has 1 unspecified atom stereocenters. The second-order valence-corrected chi connectivity index (χ2v) is 6.61. The first-order valence-corrected chi connectivity index (χ1v) is 7.91. The van der Waals surface area contributed by atoms with Gasteiger partial charge in [-0.1, -0.05) is 31.5 Å². The lowest BCUT2D eigenvalue weighted by molar-refractivity contribution is -0.127. The number of aryl methyl sites for hydroxylation is 1. The van der Waals surface area contributed by atoms with Crippen molar-refractivity contribution in [1.82, 2.24) is 4.90 Å². The Bertz CT molecular complexity index is 597. The fourth-order valence-electron chi connectivity index (χ4n) is 3.09. The molecule has 1 aliphatic heterocycles. The Labute approximate surface area is 133 Å². The molecule has 0 radical (unpaired) electrons. The van der Waals surface area contributed by atoms with Crippen LogP contribution in [0.1, 0.15) is 44.7 Å². The van der Waals surface area contributed by atoms with Crippen LogP contribution in [0.4, 0.5) is 5.69 Å². The number of nitrogens with zero attached hydrogens (tertiary/aromatic N) is 2. The van der Waals surface area contributed by atoms with Crippen LogP contribution in [0.2, 0.25) is 0 Å². The van der Waals surface area contributed by atoms with Gasteiger partial charge in [-0.15, -0.1) is 0 Å². The molecule has 4 nitrogen and oxygen atoms in total. The molecule has 0 spiro atoms. The van der Waals surface area contributed by atoms with Gasteiger partial charge in [-0.3, -0.25) is 9.59 Å². The molecule has 0 saturated heterocycles. The Hall–Kier alpha value is -1.84. The molecule has 0 aromatic heterocycles. The van der Waals surface area contributed by atoms with Crippen molar-refractivity contribution < 1.29 is 9.59 Å². The molecule has 1 heterocycles. The normalized spacial score (nSPS) is 20.0. The van der Waals surface area contributed by atoms with E-state index in [4.69, 9.17) is 0 Å². The van der Waals surface area contributed by atoms with Crippen molar-refractivity contribution in [2.75, 3.05) is 25.0 Å². The minimum atomic E-state index is -0.101. The SMILES string of the molecule is CCC(=O)N1CC(C)(CCN(C)C(C)=O)c2cc(C)ccc21. The maximum absolute atomic E-state index is 12.3. The van der Waals surface area contributed by atoms with E-state index in [2.05, 4.69) is 32.0 Å². The molecular weight excluding hydrogens is 276 g/mol. The smallest absolute Gasteiger partial charge is 0.226 e. The number of anilines is 1. The van der Waals surface area contributed by atoms with Crippen LogP contribution in [0.15, 0.2) is 18.2 Å². The van der Waals surface area contributed by atoms with Gasteiger partial charge in [-0.2, -0.15) is 0 Å². The predicted molar refractivity (Wildman–Crippen MR) is 89.1 cm³/mol. The van der Waals surface area contributed by atoms with E-state index < -0.39 is 0 Å². The third-order valence-electron chi connectivity index (χ3n) is 4.74. The lowest BCUT2D eigenvalue weighted by Crippen LogP contribution is -2.37. The van der Waals surface area contributed by atoms with Gasteiger partial charge in [0, 0.05) is 44.6 Å². The average Bonchev–Trinajstić information content (AvgIpc) is 2.77. The third kappa shape index (κ3) is 3.01. The van der Waals surface area contributed by atoms with Crippen molar-refractivity contribution in [2.24, 2.45) is 0 Å². The van der Waals surface area contributed by atoms with Crippen LogP contribution in [0.25, 0.3) is 0 Å². The van der Waals surface area contributed by atoms with Gasteiger partial charge in [0.1, 0.15) is 0 Å². The summed E-state index contributed by atoms with van der Waals surface area (Å²) in [5.41, 5.74) is 3.36. The van der Waals surface area contributed by atoms with Crippen molar-refractivity contribution in [3.05, 3.63) is 29.3 Å². The second kappa shape index (κ2) is 6.11. The predicted octanol–water partition coefficient (Wildman–Crippen LogP) is 2.88. The molecule has 1 aliphatic rings. The summed E-state index contributed by atoms with van der Waals surface area (Å²) in [6.45, 7) is 9.16. The van der Waals surface area contributed by atoms with E-state index in [-0.39, 0.29) is 17.2 Å². The maximum atomic E-state index is 12.3. The highest BCUT2D eigenvalue weighted by Crippen LogP contribution is 2.43. The number of hydrogen-bond donors (Lipinski definition) is 0. The van der Waals surface area contributed by atoms with Crippen LogP contribution in [0.3, 0.4) is 0 Å². The number of carbonyl (C=O) groups is 2. The van der Waals surface area contributed by atoms with Crippen LogP contribution in [0, 0.1) is 6.92 Å². The summed E-state index contributed by atoms with van der Waals surface area (Å²) < 4.78 is 0. The summed E-state index contributed by atoms with van der Waals surface area (Å²) in [5.74, 6) is 0.237. The number of benzene rings is 1. The zero-order chi connectivity index (χ0) is 16.5. The summed E-state index contributed by atoms with van der Waals surface area (Å²) in [6, 6.07) is 6.30. The highest BCUT2D eigenvalue weighted by atomic mass is 16.2. The zero-order valence-electron chi connectivity index (χ0n) is 14.3. The number of hydrogen-bond acceptors (Lipinski definition) is 2. The van der Waals surface area contributed by atoms with Gasteiger partial charge >= 0.3 is 0 Å². The number of rotatable bonds is 4. The maximum Gasteiger partial charge on any atom is 0.226 e. The van der Waals surface area contributed by atoms with E-state index in [9.17, 15) is 9.59 Å². The minimum absolute atomic E-state index is 0.0764. The van der Waals surface area contributed by atoms with Crippen molar-refractivity contribution in [3.63, 3.8) is 0 Å². The van der Waals surface area contributed by atoms with E-state index in [0.29, 0.717) is 19.5 Å². The molecule has 120 valence electrons. The van der Waals surface area contributed by atoms with Gasteiger partial charge in [-0.05, 0) is 25.0 Å². The topological polar surface area (TPSA) is 40.6 Å². The lowest BCUT2D eigenvalue weighted by atomic mass is 9.80. The summed E-state index contributed by atoms with van der Waals surface area (Å²) in [5, 5.41) is 0. The van der Waals surface area contributed by atoms with Gasteiger partial charge in [-0.25, -0.2) is 0 Å². The molecule has 22 heavy (non-hydrogen) atoms. The highest BCUT2D eigenvalue weighted by molar-refractivity contribution is 5.96. The van der Waals surface area contributed by atoms with Gasteiger partial charge in [0.05, 0.1) is 0 Å². The lowest BCUT2D eigenvalue weighted by Gasteiger charge is -2.28. The molecule has 0 N–H and O–H groups in total. The Morgan fingerprint density at radius 3 is 2.64 bits per heavy atom. The summed E-state index contributed by atoms with van der Waals surface area (Å²) >= 11 is 0. The van der Waals surface area contributed by atoms with Gasteiger partial charge in [0.15, 0.2) is 0 Å². The molecular formula is C18H26N2O2. The van der Waals surface area contributed by atoms with Crippen LogP contribution < -0.4 is 4.90 Å². The fourth-order valence-corrected chi connectivity index (χ4v) is 3.09. The number of carbonyl (C=O) groups excluding carboxylic acids is 2. The van der Waals surface area contributed by atoms with Gasteiger partial charge in [0.25, 0.3) is 0 Å². The Balaban J connectivity index is 2.31. The minimum Gasteiger partial charge on any atom is -0.346 e. The van der Waals surface area contributed by atoms with Crippen LogP contribution in [-0.4, -0.2) is 36.9 Å². The molecule has 1 aromatic rings. The Kier molecular flexibility index (Phi) is 4.59. The molecule has 2 rings (SSSR count). The van der Waals surface area contributed by atoms with Crippen LogP contribution in [-0.2, 0) is 15.0 Å². The van der Waals surface area contributed by atoms with E-state index in [1.54, 1.807) is 11.8 Å². The average molecular weight is 302 g/mol. The largest absolute Gasteiger partial charge is 0.346 e. The molecule has 1 atom stereocenters. The summed E-state index contributed by atoms with van der Waals surface area (Å²) in [6.07, 6.45) is 1.36. The first-order valence-electron chi connectivity index (χ1n) is 7.91. The van der Waals surface area contributed by atoms with E-state index in [0.717, 1.165) is 12.1 Å². The van der Waals surface area contributed by atoms with Crippen molar-refractivity contribution >= 4 is 17.5 Å². The van der Waals surface area contributed by atoms with Crippen molar-refractivity contribution in [2.45, 2.75) is 46.0 Å². The first-order chi connectivity index (χ1) is 10.3. The van der Waals surface area contributed by atoms with Crippen LogP contribution in [0.5, 0.6) is 0 Å². The standard InChI is InChI=1S/C18H26N2O2/c1-6-17(22)20-12-18(4,9-10-19(5)14(3)21)15-11-13(2)7-8-16(15)20/h7-8,11H,6,9-10,12H2,1-5H3. The molecule has 0 bridgehead atoms.